The molecule has 0 spiro atoms. The Bertz CT molecular complexity index is 965. The van der Waals surface area contributed by atoms with Gasteiger partial charge in [-0.2, -0.15) is 9.46 Å². The third-order valence-electron chi connectivity index (χ3n) is 3.27. The van der Waals surface area contributed by atoms with Crippen LogP contribution in [0.2, 0.25) is 15.5 Å². The predicted octanol–water partition coefficient (Wildman–Crippen LogP) is 4.52. The number of nitro groups is 1. The fraction of sp³-hybridized carbons (Fsp3) is 0.167. The first-order valence-electron chi connectivity index (χ1n) is 7.98. The van der Waals surface area contributed by atoms with E-state index in [1.807, 2.05) is 19.9 Å². The summed E-state index contributed by atoms with van der Waals surface area (Å²) in [6.07, 6.45) is 4.24. The van der Waals surface area contributed by atoms with Crippen LogP contribution < -0.4 is 9.46 Å². The van der Waals surface area contributed by atoms with Gasteiger partial charge in [-0.05, 0) is 61.7 Å². The molecule has 0 aliphatic heterocycles. The van der Waals surface area contributed by atoms with E-state index in [1.54, 1.807) is 24.4 Å². The summed E-state index contributed by atoms with van der Waals surface area (Å²) in [7, 11) is 0. The average Bonchev–Trinajstić information content (AvgIpc) is 2.65. The van der Waals surface area contributed by atoms with E-state index in [0.717, 1.165) is 23.4 Å². The van der Waals surface area contributed by atoms with Crippen molar-refractivity contribution in [2.45, 2.75) is 20.8 Å². The molecule has 0 saturated heterocycles. The number of hydrogen-bond acceptors (Lipinski definition) is 5. The lowest BCUT2D eigenvalue weighted by Gasteiger charge is -1.99. The highest BCUT2D eigenvalue weighted by Gasteiger charge is 2.16. The van der Waals surface area contributed by atoms with E-state index in [0.29, 0.717) is 20.2 Å². The highest BCUT2D eigenvalue weighted by Crippen LogP contribution is 2.18. The largest absolute Gasteiger partial charge is 0.618 e. The molecular formula is C18H17Cl3N4O4. The normalized spacial score (nSPS) is 9.59. The Morgan fingerprint density at radius 1 is 0.897 bits per heavy atom. The molecule has 0 bridgehead atoms. The smallest absolute Gasteiger partial charge is 0.293 e. The molecule has 154 valence electrons. The molecule has 0 fully saturated rings. The zero-order valence-corrected chi connectivity index (χ0v) is 17.9. The number of pyridine rings is 3. The molecule has 0 aromatic carbocycles. The maximum absolute atomic E-state index is 10.8. The van der Waals surface area contributed by atoms with Crippen molar-refractivity contribution < 1.29 is 14.4 Å². The van der Waals surface area contributed by atoms with Gasteiger partial charge in [0, 0.05) is 17.8 Å². The Morgan fingerprint density at radius 3 is 1.93 bits per heavy atom. The second-order valence-corrected chi connectivity index (χ2v) is 6.92. The van der Waals surface area contributed by atoms with Gasteiger partial charge in [0.25, 0.3) is 16.0 Å². The van der Waals surface area contributed by atoms with Crippen LogP contribution in [0, 0.1) is 41.3 Å². The van der Waals surface area contributed by atoms with Crippen LogP contribution in [0.4, 0.5) is 5.69 Å². The Morgan fingerprint density at radius 2 is 1.48 bits per heavy atom. The lowest BCUT2D eigenvalue weighted by atomic mass is 10.3. The molecule has 3 aromatic heterocycles. The quantitative estimate of drug-likeness (QED) is 0.175. The third kappa shape index (κ3) is 8.47. The molecule has 3 heterocycles. The third-order valence-corrected chi connectivity index (χ3v) is 4.06. The topological polar surface area (TPSA) is 110 Å². The molecule has 0 atom stereocenters. The van der Waals surface area contributed by atoms with Gasteiger partial charge >= 0.3 is 0 Å². The van der Waals surface area contributed by atoms with Gasteiger partial charge in [-0.15, -0.1) is 0 Å². The fourth-order valence-corrected chi connectivity index (χ4v) is 2.18. The van der Waals surface area contributed by atoms with Crippen molar-refractivity contribution in [1.82, 2.24) is 4.98 Å². The minimum absolute atomic E-state index is 0.146. The molecule has 0 aliphatic carbocycles. The van der Waals surface area contributed by atoms with E-state index in [2.05, 4.69) is 4.98 Å². The summed E-state index contributed by atoms with van der Waals surface area (Å²) in [5.74, 6) is 0. The zero-order chi connectivity index (χ0) is 22.1. The average molecular weight is 460 g/mol. The molecule has 3 aromatic rings. The molecule has 0 amide bonds. The summed E-state index contributed by atoms with van der Waals surface area (Å²) in [6.45, 7) is 5.29. The summed E-state index contributed by atoms with van der Waals surface area (Å²) in [5.41, 5.74) is 2.19. The van der Waals surface area contributed by atoms with E-state index in [1.165, 1.54) is 13.1 Å². The van der Waals surface area contributed by atoms with Gasteiger partial charge < -0.3 is 10.4 Å². The molecule has 0 radical (unpaired) electrons. The minimum atomic E-state index is -0.582. The standard InChI is InChI=1S/C6H5ClN2O3.C6H6ClNO.C6H6ClN/c1-4-3-8(10)6(7)2-5(4)9(11)12;1-5-2-3-6(7)8(9)4-5;1-5-2-3-6(7)8-4-5/h2-3H,1H3;2-4H,1H3;2-4H,1H3. The maximum atomic E-state index is 10.8. The molecule has 11 heteroatoms. The number of aromatic nitrogens is 3. The minimum Gasteiger partial charge on any atom is -0.618 e. The van der Waals surface area contributed by atoms with Gasteiger partial charge in [-0.25, -0.2) is 4.98 Å². The maximum Gasteiger partial charge on any atom is 0.293 e. The zero-order valence-electron chi connectivity index (χ0n) is 15.7. The number of halogens is 3. The second-order valence-electron chi connectivity index (χ2n) is 5.76. The Hall–Kier alpha value is -2.68. The first-order chi connectivity index (χ1) is 13.5. The van der Waals surface area contributed by atoms with E-state index in [-0.39, 0.29) is 16.0 Å². The van der Waals surface area contributed by atoms with Crippen LogP contribution in [0.5, 0.6) is 0 Å². The molecular weight excluding hydrogens is 443 g/mol. The van der Waals surface area contributed by atoms with Crippen LogP contribution >= 0.6 is 34.8 Å². The molecule has 0 saturated carbocycles. The van der Waals surface area contributed by atoms with Crippen LogP contribution in [0.25, 0.3) is 0 Å². The van der Waals surface area contributed by atoms with E-state index in [9.17, 15) is 20.5 Å². The first kappa shape index (κ1) is 24.4. The lowest BCUT2D eigenvalue weighted by Crippen LogP contribution is -2.27. The van der Waals surface area contributed by atoms with Crippen molar-refractivity contribution in [1.29, 1.82) is 0 Å². The van der Waals surface area contributed by atoms with Crippen LogP contribution in [0.3, 0.4) is 0 Å². The molecule has 3 rings (SSSR count). The SMILES string of the molecule is Cc1c[n+]([O-])c(Cl)cc1[N+](=O)[O-].Cc1ccc(Cl)[n+]([O-])c1.Cc1ccc(Cl)nc1. The van der Waals surface area contributed by atoms with Crippen molar-refractivity contribution in [2.75, 3.05) is 0 Å². The van der Waals surface area contributed by atoms with Crippen LogP contribution in [-0.4, -0.2) is 9.91 Å². The van der Waals surface area contributed by atoms with E-state index >= 15 is 0 Å². The van der Waals surface area contributed by atoms with Crippen LogP contribution in [0.15, 0.2) is 48.9 Å². The van der Waals surface area contributed by atoms with Crippen LogP contribution in [0.1, 0.15) is 16.7 Å². The highest BCUT2D eigenvalue weighted by atomic mass is 35.5. The highest BCUT2D eigenvalue weighted by molar-refractivity contribution is 6.29. The lowest BCUT2D eigenvalue weighted by molar-refractivity contribution is -0.604. The van der Waals surface area contributed by atoms with E-state index < -0.39 is 4.92 Å². The summed E-state index contributed by atoms with van der Waals surface area (Å²) < 4.78 is 1.01. The van der Waals surface area contributed by atoms with Gasteiger partial charge in [0.05, 0.1) is 10.5 Å². The number of aryl methyl sites for hydroxylation is 3. The van der Waals surface area contributed by atoms with Gasteiger partial charge in [-0.1, -0.05) is 17.7 Å². The summed E-state index contributed by atoms with van der Waals surface area (Å²) in [5, 5.41) is 32.3. The van der Waals surface area contributed by atoms with Gasteiger partial charge in [0.1, 0.15) is 11.2 Å². The van der Waals surface area contributed by atoms with Gasteiger partial charge in [0.2, 0.25) is 0 Å². The Kier molecular flexibility index (Phi) is 9.54. The predicted molar refractivity (Wildman–Crippen MR) is 111 cm³/mol. The summed E-state index contributed by atoms with van der Waals surface area (Å²) >= 11 is 16.3. The summed E-state index contributed by atoms with van der Waals surface area (Å²) in [4.78, 5) is 13.6. The first-order valence-corrected chi connectivity index (χ1v) is 9.11. The fourth-order valence-electron chi connectivity index (χ4n) is 1.80. The monoisotopic (exact) mass is 458 g/mol. The van der Waals surface area contributed by atoms with Crippen molar-refractivity contribution in [3.8, 4) is 0 Å². The van der Waals surface area contributed by atoms with Crippen molar-refractivity contribution in [3.63, 3.8) is 0 Å². The van der Waals surface area contributed by atoms with Gasteiger partial charge in [-0.3, -0.25) is 10.1 Å². The molecule has 29 heavy (non-hydrogen) atoms. The number of rotatable bonds is 1. The molecule has 0 unspecified atom stereocenters. The van der Waals surface area contributed by atoms with Crippen molar-refractivity contribution in [3.05, 3.63) is 102 Å². The Labute approximate surface area is 182 Å². The van der Waals surface area contributed by atoms with E-state index in [4.69, 9.17) is 34.8 Å². The molecule has 0 N–H and O–H groups in total. The van der Waals surface area contributed by atoms with Gasteiger partial charge in [0.15, 0.2) is 12.4 Å². The summed E-state index contributed by atoms with van der Waals surface area (Å²) in [6, 6.07) is 8.09. The second kappa shape index (κ2) is 11.4. The number of nitrogens with zero attached hydrogens (tertiary/aromatic N) is 4. The van der Waals surface area contributed by atoms with Crippen molar-refractivity contribution >= 4 is 40.5 Å². The van der Waals surface area contributed by atoms with Crippen LogP contribution in [-0.2, 0) is 0 Å². The molecule has 0 aliphatic rings. The van der Waals surface area contributed by atoms with Crippen molar-refractivity contribution in [2.24, 2.45) is 0 Å². The molecule has 8 nitrogen and oxygen atoms in total. The Balaban J connectivity index is 0.000000223. The number of hydrogen-bond donors (Lipinski definition) is 0.